The number of carbonyl (C=O) groups is 2. The summed E-state index contributed by atoms with van der Waals surface area (Å²) in [5.74, 6) is -0.212. The van der Waals surface area contributed by atoms with Gasteiger partial charge < -0.3 is 14.6 Å². The summed E-state index contributed by atoms with van der Waals surface area (Å²) >= 11 is 0. The van der Waals surface area contributed by atoms with E-state index in [1.165, 1.54) is 12.1 Å². The van der Waals surface area contributed by atoms with Crippen molar-refractivity contribution in [1.82, 2.24) is 25.4 Å². The number of hydrogen-bond acceptors (Lipinski definition) is 8. The molecule has 1 N–H and O–H groups in total. The first kappa shape index (κ1) is 21.1. The van der Waals surface area contributed by atoms with Gasteiger partial charge in [0.2, 0.25) is 11.7 Å². The Morgan fingerprint density at radius 2 is 2.00 bits per heavy atom. The molecule has 0 spiro atoms. The van der Waals surface area contributed by atoms with Crippen LogP contribution in [0.2, 0.25) is 0 Å². The maximum atomic E-state index is 12.8. The molecule has 156 valence electrons. The molecule has 0 radical (unpaired) electrons. The second kappa shape index (κ2) is 9.25. The lowest BCUT2D eigenvalue weighted by Crippen LogP contribution is -2.32. The van der Waals surface area contributed by atoms with Crippen LogP contribution in [0.15, 0.2) is 41.2 Å². The van der Waals surface area contributed by atoms with E-state index in [2.05, 4.69) is 25.4 Å². The first-order chi connectivity index (χ1) is 14.4. The molecular weight excluding hydrogens is 386 g/mol. The highest BCUT2D eigenvalue weighted by Crippen LogP contribution is 2.23. The molecule has 30 heavy (non-hydrogen) atoms. The van der Waals surface area contributed by atoms with Crippen LogP contribution in [-0.4, -0.2) is 38.6 Å². The molecule has 3 aromatic heterocycles. The van der Waals surface area contributed by atoms with Crippen molar-refractivity contribution in [2.45, 2.75) is 33.7 Å². The lowest BCUT2D eigenvalue weighted by Gasteiger charge is -2.18. The SMILES string of the molecule is CCOC(=O)c1ccc(C(=O)NC(c2nc(-c3cccnc3)no2)C(C)C)nc1C. The lowest BCUT2D eigenvalue weighted by molar-refractivity contribution is 0.0524. The Morgan fingerprint density at radius 3 is 2.63 bits per heavy atom. The first-order valence-corrected chi connectivity index (χ1v) is 9.60. The van der Waals surface area contributed by atoms with Crippen molar-refractivity contribution in [1.29, 1.82) is 0 Å². The third kappa shape index (κ3) is 4.68. The standard InChI is InChI=1S/C21H23N5O4/c1-5-29-21(28)15-8-9-16(23-13(15)4)19(27)24-17(12(2)3)20-25-18(26-30-20)14-7-6-10-22-11-14/h6-12,17H,5H2,1-4H3,(H,24,27). The predicted molar refractivity (Wildman–Crippen MR) is 108 cm³/mol. The van der Waals surface area contributed by atoms with Gasteiger partial charge in [0.1, 0.15) is 11.7 Å². The van der Waals surface area contributed by atoms with Gasteiger partial charge in [0.15, 0.2) is 0 Å². The number of ether oxygens (including phenoxy) is 1. The Hall–Kier alpha value is -3.62. The fourth-order valence-electron chi connectivity index (χ4n) is 2.81. The molecule has 1 unspecified atom stereocenters. The highest BCUT2D eigenvalue weighted by atomic mass is 16.5. The summed E-state index contributed by atoms with van der Waals surface area (Å²) in [7, 11) is 0. The van der Waals surface area contributed by atoms with Crippen LogP contribution in [0.25, 0.3) is 11.4 Å². The predicted octanol–water partition coefficient (Wildman–Crippen LogP) is 3.14. The molecule has 0 bridgehead atoms. The van der Waals surface area contributed by atoms with Gasteiger partial charge in [-0.3, -0.25) is 9.78 Å². The first-order valence-electron chi connectivity index (χ1n) is 9.60. The fourth-order valence-corrected chi connectivity index (χ4v) is 2.81. The molecular formula is C21H23N5O4. The Morgan fingerprint density at radius 1 is 1.20 bits per heavy atom. The van der Waals surface area contributed by atoms with Crippen molar-refractivity contribution < 1.29 is 18.8 Å². The molecule has 0 aromatic carbocycles. The second-order valence-electron chi connectivity index (χ2n) is 6.94. The second-order valence-corrected chi connectivity index (χ2v) is 6.94. The summed E-state index contributed by atoms with van der Waals surface area (Å²) in [5.41, 5.74) is 1.64. The van der Waals surface area contributed by atoms with Crippen molar-refractivity contribution in [2.75, 3.05) is 6.61 Å². The largest absolute Gasteiger partial charge is 0.462 e. The molecule has 1 atom stereocenters. The molecule has 3 aromatic rings. The van der Waals surface area contributed by atoms with Gasteiger partial charge in [0.05, 0.1) is 17.9 Å². The average Bonchev–Trinajstić information content (AvgIpc) is 3.22. The van der Waals surface area contributed by atoms with E-state index in [1.54, 1.807) is 32.3 Å². The molecule has 0 fully saturated rings. The maximum absolute atomic E-state index is 12.8. The third-order valence-corrected chi connectivity index (χ3v) is 4.39. The van der Waals surface area contributed by atoms with E-state index < -0.39 is 17.9 Å². The zero-order valence-electron chi connectivity index (χ0n) is 17.2. The van der Waals surface area contributed by atoms with Crippen LogP contribution in [-0.2, 0) is 4.74 Å². The van der Waals surface area contributed by atoms with Crippen LogP contribution in [0.3, 0.4) is 0 Å². The van der Waals surface area contributed by atoms with Gasteiger partial charge >= 0.3 is 5.97 Å². The Balaban J connectivity index is 1.79. The van der Waals surface area contributed by atoms with Gasteiger partial charge in [-0.1, -0.05) is 19.0 Å². The monoisotopic (exact) mass is 409 g/mol. The summed E-state index contributed by atoms with van der Waals surface area (Å²) in [4.78, 5) is 37.4. The topological polar surface area (TPSA) is 120 Å². The number of nitrogens with zero attached hydrogens (tertiary/aromatic N) is 4. The van der Waals surface area contributed by atoms with E-state index in [0.717, 1.165) is 0 Å². The fraction of sp³-hybridized carbons (Fsp3) is 0.333. The zero-order chi connectivity index (χ0) is 21.7. The Kier molecular flexibility index (Phi) is 6.51. The third-order valence-electron chi connectivity index (χ3n) is 4.39. The molecule has 0 aliphatic carbocycles. The lowest BCUT2D eigenvalue weighted by atomic mass is 10.0. The Labute approximate surface area is 173 Å². The van der Waals surface area contributed by atoms with Gasteiger partial charge in [-0.2, -0.15) is 4.98 Å². The molecule has 0 saturated carbocycles. The number of rotatable bonds is 7. The molecule has 3 rings (SSSR count). The Bertz CT molecular complexity index is 1030. The number of amides is 1. The van der Waals surface area contributed by atoms with Crippen LogP contribution in [0.4, 0.5) is 0 Å². The minimum absolute atomic E-state index is 0.0175. The number of nitrogens with one attached hydrogen (secondary N) is 1. The molecule has 9 nitrogen and oxygen atoms in total. The number of hydrogen-bond donors (Lipinski definition) is 1. The van der Waals surface area contributed by atoms with Crippen LogP contribution in [0, 0.1) is 12.8 Å². The maximum Gasteiger partial charge on any atom is 0.339 e. The number of esters is 1. The van der Waals surface area contributed by atoms with Crippen molar-refractivity contribution >= 4 is 11.9 Å². The van der Waals surface area contributed by atoms with Gasteiger partial charge in [0, 0.05) is 18.0 Å². The van der Waals surface area contributed by atoms with E-state index in [9.17, 15) is 9.59 Å². The summed E-state index contributed by atoms with van der Waals surface area (Å²) in [6.07, 6.45) is 3.29. The summed E-state index contributed by atoms with van der Waals surface area (Å²) in [6.45, 7) is 7.51. The van der Waals surface area contributed by atoms with Crippen LogP contribution >= 0.6 is 0 Å². The molecule has 0 saturated heterocycles. The average molecular weight is 409 g/mol. The van der Waals surface area contributed by atoms with E-state index in [4.69, 9.17) is 9.26 Å². The normalized spacial score (nSPS) is 11.9. The number of aromatic nitrogens is 4. The van der Waals surface area contributed by atoms with Crippen molar-refractivity contribution in [3.05, 3.63) is 59.5 Å². The van der Waals surface area contributed by atoms with Crippen LogP contribution in [0.1, 0.15) is 59.2 Å². The van der Waals surface area contributed by atoms with Gasteiger partial charge in [-0.05, 0) is 44.0 Å². The van der Waals surface area contributed by atoms with Gasteiger partial charge in [-0.15, -0.1) is 0 Å². The number of aryl methyl sites for hydroxylation is 1. The smallest absolute Gasteiger partial charge is 0.339 e. The summed E-state index contributed by atoms with van der Waals surface area (Å²) < 4.78 is 10.4. The van der Waals surface area contributed by atoms with Gasteiger partial charge in [0.25, 0.3) is 5.91 Å². The van der Waals surface area contributed by atoms with E-state index >= 15 is 0 Å². The number of pyridine rings is 2. The van der Waals surface area contributed by atoms with Crippen LogP contribution in [0.5, 0.6) is 0 Å². The molecule has 1 amide bonds. The van der Waals surface area contributed by atoms with Crippen molar-refractivity contribution in [3.8, 4) is 11.4 Å². The molecule has 3 heterocycles. The van der Waals surface area contributed by atoms with E-state index in [-0.39, 0.29) is 24.1 Å². The van der Waals surface area contributed by atoms with Crippen molar-refractivity contribution in [3.63, 3.8) is 0 Å². The van der Waals surface area contributed by atoms with Crippen LogP contribution < -0.4 is 5.32 Å². The quantitative estimate of drug-likeness (QED) is 0.591. The van der Waals surface area contributed by atoms with Gasteiger partial charge in [-0.25, -0.2) is 9.78 Å². The molecule has 9 heteroatoms. The highest BCUT2D eigenvalue weighted by Gasteiger charge is 2.26. The molecule has 0 aliphatic rings. The summed E-state index contributed by atoms with van der Waals surface area (Å²) in [5, 5.41) is 6.87. The minimum atomic E-state index is -0.512. The minimum Gasteiger partial charge on any atom is -0.462 e. The molecule has 0 aliphatic heterocycles. The zero-order valence-corrected chi connectivity index (χ0v) is 17.2. The van der Waals surface area contributed by atoms with Crippen molar-refractivity contribution in [2.24, 2.45) is 5.92 Å². The highest BCUT2D eigenvalue weighted by molar-refractivity contribution is 5.95. The van der Waals surface area contributed by atoms with E-state index in [0.29, 0.717) is 22.6 Å². The summed E-state index contributed by atoms with van der Waals surface area (Å²) in [6, 6.07) is 6.11. The number of carbonyl (C=O) groups excluding carboxylic acids is 2. The van der Waals surface area contributed by atoms with E-state index in [1.807, 2.05) is 19.9 Å².